The van der Waals surface area contributed by atoms with Crippen LogP contribution < -0.4 is 11.4 Å². The number of nitrogens with zero attached hydrogens (tertiary/aromatic N) is 5. The van der Waals surface area contributed by atoms with Gasteiger partial charge in [0, 0.05) is 33.3 Å². The summed E-state index contributed by atoms with van der Waals surface area (Å²) in [6, 6.07) is 13.0. The zero-order chi connectivity index (χ0) is 22.6. The van der Waals surface area contributed by atoms with E-state index in [2.05, 4.69) is 15.2 Å². The van der Waals surface area contributed by atoms with Crippen molar-refractivity contribution in [3.63, 3.8) is 0 Å². The van der Waals surface area contributed by atoms with E-state index in [1.807, 2.05) is 57.2 Å². The lowest BCUT2D eigenvalue weighted by Crippen LogP contribution is -2.25. The van der Waals surface area contributed by atoms with Crippen molar-refractivity contribution in [2.45, 2.75) is 26.2 Å². The average molecular weight is 446 g/mol. The molecule has 9 heteroatoms. The van der Waals surface area contributed by atoms with Gasteiger partial charge < -0.3 is 5.73 Å². The van der Waals surface area contributed by atoms with Gasteiger partial charge in [-0.1, -0.05) is 50.6 Å². The third-order valence-electron chi connectivity index (χ3n) is 5.24. The van der Waals surface area contributed by atoms with Crippen LogP contribution in [-0.4, -0.2) is 29.5 Å². The van der Waals surface area contributed by atoms with Crippen LogP contribution in [0.2, 0.25) is 5.02 Å². The third-order valence-corrected chi connectivity index (χ3v) is 5.57. The highest BCUT2D eigenvalue weighted by molar-refractivity contribution is 6.33. The van der Waals surface area contributed by atoms with E-state index < -0.39 is 5.41 Å². The number of hydrogen-bond donors (Lipinski definition) is 2. The molecule has 8 nitrogen and oxygen atoms in total. The van der Waals surface area contributed by atoms with Crippen LogP contribution in [0.1, 0.15) is 26.6 Å². The van der Waals surface area contributed by atoms with E-state index in [0.29, 0.717) is 39.0 Å². The van der Waals surface area contributed by atoms with Crippen LogP contribution in [0.3, 0.4) is 0 Å². The Labute approximate surface area is 188 Å². The second-order valence-electron chi connectivity index (χ2n) is 8.58. The molecule has 5 aromatic rings. The van der Waals surface area contributed by atoms with Gasteiger partial charge in [0.1, 0.15) is 11.6 Å². The van der Waals surface area contributed by atoms with Crippen molar-refractivity contribution < 1.29 is 0 Å². The summed E-state index contributed by atoms with van der Waals surface area (Å²) in [6.45, 7) is 5.97. The minimum atomic E-state index is -0.411. The molecule has 1 aromatic carbocycles. The molecule has 0 fully saturated rings. The fraction of sp³-hybridized carbons (Fsp3) is 0.174. The van der Waals surface area contributed by atoms with Crippen molar-refractivity contribution in [3.05, 3.63) is 70.0 Å². The lowest BCUT2D eigenvalue weighted by Gasteiger charge is -2.20. The predicted octanol–water partition coefficient (Wildman–Crippen LogP) is 4.23. The first-order valence-corrected chi connectivity index (χ1v) is 10.4. The number of halogens is 1. The number of aromatic amines is 1. The number of aromatic nitrogens is 6. The molecule has 0 unspecified atom stereocenters. The molecule has 0 saturated heterocycles. The van der Waals surface area contributed by atoms with Crippen molar-refractivity contribution in [1.82, 2.24) is 29.5 Å². The number of rotatable bonds is 2. The number of fused-ring (bicyclic) bond motifs is 3. The van der Waals surface area contributed by atoms with Gasteiger partial charge in [0.25, 0.3) is 0 Å². The predicted molar refractivity (Wildman–Crippen MR) is 126 cm³/mol. The summed E-state index contributed by atoms with van der Waals surface area (Å²) < 4.78 is 1.50. The molecule has 0 amide bonds. The standard InChI is InChI=1S/C23H20ClN7O/c1-23(2,3)21-28-19-15(20-29-30-22(32)31(20)21)10-14(12-8-9-17(25)26-11-12)18(27-19)13-6-4-5-7-16(13)24/h4-11H,1-3H3,(H2,25,26)(H,30,32). The topological polar surface area (TPSA) is 115 Å². The quantitative estimate of drug-likeness (QED) is 0.420. The van der Waals surface area contributed by atoms with Crippen molar-refractivity contribution in [2.75, 3.05) is 5.73 Å². The number of hydrogen-bond acceptors (Lipinski definition) is 6. The first-order valence-electron chi connectivity index (χ1n) is 10.0. The molecule has 160 valence electrons. The lowest BCUT2D eigenvalue weighted by molar-refractivity contribution is 0.535. The van der Waals surface area contributed by atoms with Gasteiger partial charge in [0.15, 0.2) is 11.3 Å². The Kier molecular flexibility index (Phi) is 4.49. The molecule has 0 saturated carbocycles. The van der Waals surface area contributed by atoms with Gasteiger partial charge >= 0.3 is 5.69 Å². The van der Waals surface area contributed by atoms with Gasteiger partial charge in [-0.3, -0.25) is 0 Å². The fourth-order valence-corrected chi connectivity index (χ4v) is 3.95. The van der Waals surface area contributed by atoms with Crippen LogP contribution in [0.5, 0.6) is 0 Å². The largest absolute Gasteiger partial charge is 0.384 e. The summed E-state index contributed by atoms with van der Waals surface area (Å²) in [7, 11) is 0. The van der Waals surface area contributed by atoms with E-state index in [0.717, 1.165) is 16.7 Å². The highest BCUT2D eigenvalue weighted by Gasteiger charge is 2.25. The summed E-state index contributed by atoms with van der Waals surface area (Å²) in [4.78, 5) is 26.5. The second-order valence-corrected chi connectivity index (χ2v) is 8.99. The van der Waals surface area contributed by atoms with E-state index in [1.54, 1.807) is 12.3 Å². The number of anilines is 1. The van der Waals surface area contributed by atoms with E-state index >= 15 is 0 Å². The summed E-state index contributed by atoms with van der Waals surface area (Å²) in [5, 5.41) is 8.02. The van der Waals surface area contributed by atoms with Crippen LogP contribution >= 0.6 is 11.6 Å². The maximum Gasteiger partial charge on any atom is 0.349 e. The van der Waals surface area contributed by atoms with Gasteiger partial charge in [-0.05, 0) is 24.3 Å². The number of pyridine rings is 2. The van der Waals surface area contributed by atoms with E-state index in [9.17, 15) is 4.79 Å². The van der Waals surface area contributed by atoms with E-state index in [4.69, 9.17) is 27.3 Å². The van der Waals surface area contributed by atoms with Crippen molar-refractivity contribution >= 4 is 34.1 Å². The van der Waals surface area contributed by atoms with Crippen LogP contribution in [0, 0.1) is 0 Å². The minimum absolute atomic E-state index is 0.342. The van der Waals surface area contributed by atoms with Crippen LogP contribution in [-0.2, 0) is 5.41 Å². The van der Waals surface area contributed by atoms with Gasteiger partial charge in [-0.25, -0.2) is 29.2 Å². The number of nitrogens with two attached hydrogens (primary N) is 1. The second kappa shape index (κ2) is 7.13. The van der Waals surface area contributed by atoms with Gasteiger partial charge in [-0.2, -0.15) is 5.10 Å². The van der Waals surface area contributed by atoms with E-state index in [1.165, 1.54) is 4.40 Å². The molecule has 0 aliphatic heterocycles. The summed E-state index contributed by atoms with van der Waals surface area (Å²) >= 11 is 6.54. The monoisotopic (exact) mass is 445 g/mol. The molecule has 32 heavy (non-hydrogen) atoms. The zero-order valence-electron chi connectivity index (χ0n) is 17.7. The first-order chi connectivity index (χ1) is 15.2. The number of nitrogen functional groups attached to an aromatic ring is 1. The molecule has 0 atom stereocenters. The van der Waals surface area contributed by atoms with Crippen LogP contribution in [0.15, 0.2) is 53.5 Å². The molecule has 4 aromatic heterocycles. The smallest absolute Gasteiger partial charge is 0.349 e. The Morgan fingerprint density at radius 2 is 1.84 bits per heavy atom. The van der Waals surface area contributed by atoms with Crippen molar-refractivity contribution in [3.8, 4) is 22.4 Å². The maximum atomic E-state index is 12.6. The van der Waals surface area contributed by atoms with Gasteiger partial charge in [-0.15, -0.1) is 0 Å². The van der Waals surface area contributed by atoms with Crippen LogP contribution in [0.4, 0.5) is 5.82 Å². The maximum absolute atomic E-state index is 12.6. The SMILES string of the molecule is CC(C)(C)c1nc2nc(-c3ccccc3Cl)c(-c3ccc(N)nc3)cc2c2n[nH]c(=O)n12. The van der Waals surface area contributed by atoms with Gasteiger partial charge in [0.2, 0.25) is 0 Å². The Hall–Kier alpha value is -3.78. The Balaban J connectivity index is 1.94. The van der Waals surface area contributed by atoms with E-state index in [-0.39, 0.29) is 5.69 Å². The first kappa shape index (κ1) is 20.1. The average Bonchev–Trinajstić information content (AvgIpc) is 3.14. The molecule has 0 bridgehead atoms. The molecule has 0 aliphatic carbocycles. The molecule has 0 radical (unpaired) electrons. The van der Waals surface area contributed by atoms with Crippen molar-refractivity contribution in [2.24, 2.45) is 0 Å². The van der Waals surface area contributed by atoms with Crippen LogP contribution in [0.25, 0.3) is 39.1 Å². The Bertz CT molecular complexity index is 1550. The normalized spacial score (nSPS) is 12.0. The summed E-state index contributed by atoms with van der Waals surface area (Å²) in [5.41, 5.74) is 8.99. The lowest BCUT2D eigenvalue weighted by atomic mass is 9.95. The molecule has 4 heterocycles. The molecule has 0 aliphatic rings. The number of nitrogens with one attached hydrogen (secondary N) is 1. The molecule has 5 rings (SSSR count). The highest BCUT2D eigenvalue weighted by atomic mass is 35.5. The third kappa shape index (κ3) is 3.20. The highest BCUT2D eigenvalue weighted by Crippen LogP contribution is 2.37. The summed E-state index contributed by atoms with van der Waals surface area (Å²) in [6.07, 6.45) is 1.68. The Morgan fingerprint density at radius 3 is 2.53 bits per heavy atom. The molecule has 3 N–H and O–H groups in total. The van der Waals surface area contributed by atoms with Gasteiger partial charge in [0.05, 0.1) is 11.1 Å². The number of benzene rings is 1. The zero-order valence-corrected chi connectivity index (χ0v) is 18.5. The minimum Gasteiger partial charge on any atom is -0.384 e. The molecular weight excluding hydrogens is 426 g/mol. The molecule has 0 spiro atoms. The van der Waals surface area contributed by atoms with Crippen molar-refractivity contribution in [1.29, 1.82) is 0 Å². The molecular formula is C23H20ClN7O. The summed E-state index contributed by atoms with van der Waals surface area (Å²) in [5.74, 6) is 0.984. The fourth-order valence-electron chi connectivity index (χ4n) is 3.72. The number of H-pyrrole nitrogens is 1. The Morgan fingerprint density at radius 1 is 1.06 bits per heavy atom.